The van der Waals surface area contributed by atoms with Gasteiger partial charge in [0.15, 0.2) is 6.10 Å². The third-order valence-corrected chi connectivity index (χ3v) is 9.76. The van der Waals surface area contributed by atoms with Crippen LogP contribution in [-0.2, 0) is 28.6 Å². The van der Waals surface area contributed by atoms with Crippen LogP contribution >= 0.6 is 0 Å². The first kappa shape index (κ1) is 53.9. The third-order valence-electron chi connectivity index (χ3n) is 9.76. The number of hydrogen-bond acceptors (Lipinski definition) is 6. The maximum absolute atomic E-state index is 12.7. The average Bonchev–Trinajstić information content (AvgIpc) is 3.21. The predicted molar refractivity (Wildman–Crippen MR) is 242 cm³/mol. The highest BCUT2D eigenvalue weighted by Crippen LogP contribution is 2.12. The number of ether oxygens (including phenoxy) is 3. The third kappa shape index (κ3) is 43.8. The highest BCUT2D eigenvalue weighted by Gasteiger charge is 2.19. The molecule has 0 aromatic heterocycles. The van der Waals surface area contributed by atoms with Crippen molar-refractivity contribution in [3.8, 4) is 0 Å². The van der Waals surface area contributed by atoms with Crippen LogP contribution in [0.4, 0.5) is 0 Å². The molecule has 0 amide bonds. The first-order chi connectivity index (χ1) is 28.0. The van der Waals surface area contributed by atoms with Crippen molar-refractivity contribution in [3.63, 3.8) is 0 Å². The van der Waals surface area contributed by atoms with Crippen LogP contribution in [0.15, 0.2) is 72.9 Å². The molecule has 1 unspecified atom stereocenters. The summed E-state index contributed by atoms with van der Waals surface area (Å²) in [5, 5.41) is 0. The van der Waals surface area contributed by atoms with Crippen LogP contribution < -0.4 is 0 Å². The van der Waals surface area contributed by atoms with E-state index in [-0.39, 0.29) is 31.1 Å². The van der Waals surface area contributed by atoms with Crippen molar-refractivity contribution in [1.29, 1.82) is 0 Å². The van der Waals surface area contributed by atoms with Gasteiger partial charge in [-0.3, -0.25) is 14.4 Å². The van der Waals surface area contributed by atoms with Crippen LogP contribution in [0.3, 0.4) is 0 Å². The van der Waals surface area contributed by atoms with Crippen molar-refractivity contribution in [1.82, 2.24) is 0 Å². The highest BCUT2D eigenvalue weighted by atomic mass is 16.6. The molecule has 0 saturated carbocycles. The lowest BCUT2D eigenvalue weighted by atomic mass is 10.1. The summed E-state index contributed by atoms with van der Waals surface area (Å²) < 4.78 is 16.7. The average molecular weight is 795 g/mol. The Balaban J connectivity index is 4.50. The van der Waals surface area contributed by atoms with Crippen LogP contribution in [-0.4, -0.2) is 37.2 Å². The van der Waals surface area contributed by atoms with E-state index >= 15 is 0 Å². The van der Waals surface area contributed by atoms with E-state index < -0.39 is 6.10 Å². The molecule has 0 bridgehead atoms. The summed E-state index contributed by atoms with van der Waals surface area (Å²) in [7, 11) is 0. The highest BCUT2D eigenvalue weighted by molar-refractivity contribution is 5.71. The smallest absolute Gasteiger partial charge is 0.306 e. The summed E-state index contributed by atoms with van der Waals surface area (Å²) in [5.74, 6) is -0.978. The molecular weight excluding hydrogens is 709 g/mol. The van der Waals surface area contributed by atoms with Gasteiger partial charge in [0.2, 0.25) is 0 Å². The molecule has 0 rings (SSSR count). The summed E-state index contributed by atoms with van der Waals surface area (Å²) >= 11 is 0. The fraction of sp³-hybridized carbons (Fsp3) is 0.706. The molecule has 0 heterocycles. The summed E-state index contributed by atoms with van der Waals surface area (Å²) in [6, 6.07) is 0. The molecule has 6 nitrogen and oxygen atoms in total. The van der Waals surface area contributed by atoms with Crippen molar-refractivity contribution < 1.29 is 28.6 Å². The molecule has 1 atom stereocenters. The van der Waals surface area contributed by atoms with Crippen LogP contribution in [0.5, 0.6) is 0 Å². The van der Waals surface area contributed by atoms with E-state index in [1.165, 1.54) is 77.0 Å². The molecule has 6 heteroatoms. The Hall–Kier alpha value is -3.15. The minimum Gasteiger partial charge on any atom is -0.462 e. The van der Waals surface area contributed by atoms with E-state index in [0.717, 1.165) is 96.3 Å². The van der Waals surface area contributed by atoms with Gasteiger partial charge in [0.25, 0.3) is 0 Å². The lowest BCUT2D eigenvalue weighted by molar-refractivity contribution is -0.167. The second-order valence-electron chi connectivity index (χ2n) is 15.4. The first-order valence-electron chi connectivity index (χ1n) is 23.5. The normalized spacial score (nSPS) is 12.7. The molecule has 0 spiro atoms. The number of allylic oxidation sites excluding steroid dienone is 12. The lowest BCUT2D eigenvalue weighted by Crippen LogP contribution is -2.30. The van der Waals surface area contributed by atoms with Gasteiger partial charge in [-0.15, -0.1) is 0 Å². The number of unbranched alkanes of at least 4 members (excludes halogenated alkanes) is 21. The molecule has 0 saturated heterocycles. The van der Waals surface area contributed by atoms with Gasteiger partial charge in [0, 0.05) is 19.3 Å². The Kier molecular flexibility index (Phi) is 43.0. The van der Waals surface area contributed by atoms with Crippen molar-refractivity contribution in [3.05, 3.63) is 72.9 Å². The van der Waals surface area contributed by atoms with Crippen molar-refractivity contribution in [2.75, 3.05) is 13.2 Å². The second-order valence-corrected chi connectivity index (χ2v) is 15.4. The number of carbonyl (C=O) groups is 3. The Morgan fingerprint density at radius 1 is 0.368 bits per heavy atom. The second kappa shape index (κ2) is 45.6. The Labute approximate surface area is 351 Å². The molecule has 0 radical (unpaired) electrons. The van der Waals surface area contributed by atoms with Crippen LogP contribution in [0, 0.1) is 0 Å². The van der Waals surface area contributed by atoms with Gasteiger partial charge in [0.05, 0.1) is 0 Å². The van der Waals surface area contributed by atoms with E-state index in [0.29, 0.717) is 19.3 Å². The van der Waals surface area contributed by atoms with Gasteiger partial charge in [-0.05, 0) is 89.9 Å². The SMILES string of the molecule is CC\C=C/C=C\C=C/C=C\CCCCCC(=O)OCC(COC(=O)CCCCC/C=C\CCCCCCCC)OC(=O)CCCCC/C=C\CCCCCCCC. The fourth-order valence-electron chi connectivity index (χ4n) is 6.20. The van der Waals surface area contributed by atoms with Gasteiger partial charge in [0.1, 0.15) is 13.2 Å². The number of esters is 3. The Morgan fingerprint density at radius 3 is 1.12 bits per heavy atom. The summed E-state index contributed by atoms with van der Waals surface area (Å²) in [6.45, 7) is 6.40. The molecule has 0 aliphatic rings. The van der Waals surface area contributed by atoms with Crippen molar-refractivity contribution >= 4 is 17.9 Å². The molecular formula is C51H86O6. The Bertz CT molecular complexity index is 1100. The van der Waals surface area contributed by atoms with E-state index in [4.69, 9.17) is 14.2 Å². The van der Waals surface area contributed by atoms with Crippen molar-refractivity contribution in [2.24, 2.45) is 0 Å². The van der Waals surface area contributed by atoms with E-state index in [2.05, 4.69) is 57.2 Å². The molecule has 0 aromatic carbocycles. The van der Waals surface area contributed by atoms with E-state index in [1.807, 2.05) is 36.5 Å². The lowest BCUT2D eigenvalue weighted by Gasteiger charge is -2.18. The maximum atomic E-state index is 12.7. The van der Waals surface area contributed by atoms with Crippen LogP contribution in [0.25, 0.3) is 0 Å². The largest absolute Gasteiger partial charge is 0.462 e. The molecule has 0 aliphatic carbocycles. The van der Waals surface area contributed by atoms with Gasteiger partial charge in [-0.1, -0.05) is 177 Å². The zero-order chi connectivity index (χ0) is 41.5. The zero-order valence-electron chi connectivity index (χ0n) is 37.1. The van der Waals surface area contributed by atoms with Crippen molar-refractivity contribution in [2.45, 2.75) is 219 Å². The number of carbonyl (C=O) groups excluding carboxylic acids is 3. The quantitative estimate of drug-likeness (QED) is 0.0202. The van der Waals surface area contributed by atoms with Gasteiger partial charge in [-0.25, -0.2) is 0 Å². The minimum atomic E-state index is -0.803. The summed E-state index contributed by atoms with van der Waals surface area (Å²) in [5.41, 5.74) is 0. The Morgan fingerprint density at radius 2 is 0.702 bits per heavy atom. The van der Waals surface area contributed by atoms with Gasteiger partial charge >= 0.3 is 17.9 Å². The maximum Gasteiger partial charge on any atom is 0.306 e. The summed E-state index contributed by atoms with van der Waals surface area (Å²) in [4.78, 5) is 37.8. The fourth-order valence-corrected chi connectivity index (χ4v) is 6.20. The molecule has 0 N–H and O–H groups in total. The summed E-state index contributed by atoms with van der Waals surface area (Å²) in [6.07, 6.45) is 56.0. The number of rotatable bonds is 41. The molecule has 0 fully saturated rings. The standard InChI is InChI=1S/C51H86O6/c1-4-7-10-13-16-19-22-25-28-31-34-37-40-43-49(52)55-46-48(57-51(54)45-42-39-36-33-30-27-24-21-18-15-12-9-6-3)47-56-50(53)44-41-38-35-32-29-26-23-20-17-14-11-8-5-2/h7,10,13,16,19,22,25-30,48H,4-6,8-9,11-12,14-15,17-18,20-21,23-24,31-47H2,1-3H3/b10-7-,16-13-,22-19-,28-25-,29-26-,30-27-. The topological polar surface area (TPSA) is 78.9 Å². The predicted octanol–water partition coefficient (Wildman–Crippen LogP) is 15.1. The van der Waals surface area contributed by atoms with Crippen LogP contribution in [0.1, 0.15) is 213 Å². The molecule has 0 aromatic rings. The molecule has 0 aliphatic heterocycles. The molecule has 57 heavy (non-hydrogen) atoms. The van der Waals surface area contributed by atoms with Crippen LogP contribution in [0.2, 0.25) is 0 Å². The van der Waals surface area contributed by atoms with E-state index in [1.54, 1.807) is 0 Å². The zero-order valence-corrected chi connectivity index (χ0v) is 37.1. The monoisotopic (exact) mass is 795 g/mol. The van der Waals surface area contributed by atoms with E-state index in [9.17, 15) is 14.4 Å². The molecule has 326 valence electrons. The number of hydrogen-bond donors (Lipinski definition) is 0. The van der Waals surface area contributed by atoms with Gasteiger partial charge < -0.3 is 14.2 Å². The first-order valence-corrected chi connectivity index (χ1v) is 23.5. The minimum absolute atomic E-state index is 0.103. The van der Waals surface area contributed by atoms with Gasteiger partial charge in [-0.2, -0.15) is 0 Å².